The van der Waals surface area contributed by atoms with Crippen LogP contribution in [0.15, 0.2) is 70.2 Å². The quantitative estimate of drug-likeness (QED) is 0.511. The molecule has 1 aromatic heterocycles. The van der Waals surface area contributed by atoms with Crippen LogP contribution in [0.5, 0.6) is 5.75 Å². The molecule has 9 heteroatoms. The second kappa shape index (κ2) is 10.5. The Morgan fingerprint density at radius 1 is 1.06 bits per heavy atom. The van der Waals surface area contributed by atoms with Crippen LogP contribution in [0.25, 0.3) is 0 Å². The summed E-state index contributed by atoms with van der Waals surface area (Å²) in [6, 6.07) is 15.0. The summed E-state index contributed by atoms with van der Waals surface area (Å²) >= 11 is 0. The molecule has 0 aliphatic carbocycles. The van der Waals surface area contributed by atoms with Gasteiger partial charge in [-0.05, 0) is 67.4 Å². The SMILES string of the molecule is COc1ccc(S(=O)(=O)N[C@H](CC(=O)N2CCN(c3cc(C)ccc3C)CC2)c2ccco2)cc1. The minimum Gasteiger partial charge on any atom is -0.497 e. The normalized spacial score (nSPS) is 15.2. The van der Waals surface area contributed by atoms with Crippen molar-refractivity contribution in [1.29, 1.82) is 0 Å². The number of benzene rings is 2. The average molecular weight is 498 g/mol. The predicted molar refractivity (Wildman–Crippen MR) is 134 cm³/mol. The van der Waals surface area contributed by atoms with E-state index in [1.807, 2.05) is 0 Å². The molecule has 2 aromatic carbocycles. The van der Waals surface area contributed by atoms with Crippen molar-refractivity contribution >= 4 is 21.6 Å². The molecule has 4 rings (SSSR count). The number of sulfonamides is 1. The Morgan fingerprint density at radius 2 is 1.77 bits per heavy atom. The molecule has 1 amide bonds. The summed E-state index contributed by atoms with van der Waals surface area (Å²) < 4.78 is 39.3. The highest BCUT2D eigenvalue weighted by Gasteiger charge is 2.29. The first-order valence-electron chi connectivity index (χ1n) is 11.6. The fourth-order valence-electron chi connectivity index (χ4n) is 4.26. The number of carbonyl (C=O) groups is 1. The maximum atomic E-state index is 13.2. The van der Waals surface area contributed by atoms with Gasteiger partial charge >= 0.3 is 0 Å². The molecular weight excluding hydrogens is 466 g/mol. The third-order valence-electron chi connectivity index (χ3n) is 6.27. The largest absolute Gasteiger partial charge is 0.497 e. The Kier molecular flexibility index (Phi) is 7.47. The van der Waals surface area contributed by atoms with Crippen molar-refractivity contribution in [1.82, 2.24) is 9.62 Å². The second-order valence-corrected chi connectivity index (χ2v) is 10.4. The van der Waals surface area contributed by atoms with Crippen molar-refractivity contribution in [3.8, 4) is 5.75 Å². The molecule has 0 spiro atoms. The first kappa shape index (κ1) is 24.8. The monoisotopic (exact) mass is 497 g/mol. The van der Waals surface area contributed by atoms with E-state index in [4.69, 9.17) is 9.15 Å². The summed E-state index contributed by atoms with van der Waals surface area (Å²) in [7, 11) is -2.37. The van der Waals surface area contributed by atoms with Gasteiger partial charge in [-0.1, -0.05) is 12.1 Å². The number of hydrogen-bond acceptors (Lipinski definition) is 6. The molecule has 1 fully saturated rings. The number of ether oxygens (including phenoxy) is 1. The lowest BCUT2D eigenvalue weighted by atomic mass is 10.1. The van der Waals surface area contributed by atoms with Crippen LogP contribution in [-0.4, -0.2) is 52.5 Å². The Bertz CT molecular complexity index is 1250. The van der Waals surface area contributed by atoms with E-state index < -0.39 is 16.1 Å². The minimum absolute atomic E-state index is 0.0353. The summed E-state index contributed by atoms with van der Waals surface area (Å²) in [4.78, 5) is 17.4. The van der Waals surface area contributed by atoms with Gasteiger partial charge in [0, 0.05) is 31.9 Å². The summed E-state index contributed by atoms with van der Waals surface area (Å²) in [5.74, 6) is 0.829. The maximum Gasteiger partial charge on any atom is 0.241 e. The molecular formula is C26H31N3O5S. The highest BCUT2D eigenvalue weighted by atomic mass is 32.2. The zero-order valence-electron chi connectivity index (χ0n) is 20.2. The molecule has 1 saturated heterocycles. The fourth-order valence-corrected chi connectivity index (χ4v) is 5.47. The number of amides is 1. The van der Waals surface area contributed by atoms with Crippen molar-refractivity contribution < 1.29 is 22.4 Å². The topological polar surface area (TPSA) is 92.1 Å². The van der Waals surface area contributed by atoms with E-state index in [1.54, 1.807) is 29.2 Å². The predicted octanol–water partition coefficient (Wildman–Crippen LogP) is 3.66. The number of aryl methyl sites for hydroxylation is 2. The number of methoxy groups -OCH3 is 1. The molecule has 1 aliphatic heterocycles. The summed E-state index contributed by atoms with van der Waals surface area (Å²) in [6.07, 6.45) is 1.43. The second-order valence-electron chi connectivity index (χ2n) is 8.73. The van der Waals surface area contributed by atoms with Gasteiger partial charge in [0.05, 0.1) is 30.7 Å². The number of nitrogens with one attached hydrogen (secondary N) is 1. The molecule has 8 nitrogen and oxygen atoms in total. The van der Waals surface area contributed by atoms with Crippen LogP contribution in [0, 0.1) is 13.8 Å². The van der Waals surface area contributed by atoms with Crippen LogP contribution in [0.1, 0.15) is 29.3 Å². The summed E-state index contributed by atoms with van der Waals surface area (Å²) in [5.41, 5.74) is 3.61. The number of piperazine rings is 1. The Labute approximate surface area is 206 Å². The third-order valence-corrected chi connectivity index (χ3v) is 7.76. The van der Waals surface area contributed by atoms with Crippen LogP contribution in [0.4, 0.5) is 5.69 Å². The molecule has 186 valence electrons. The van der Waals surface area contributed by atoms with Crippen LogP contribution in [-0.2, 0) is 14.8 Å². The van der Waals surface area contributed by atoms with E-state index in [1.165, 1.54) is 42.3 Å². The van der Waals surface area contributed by atoms with E-state index in [9.17, 15) is 13.2 Å². The zero-order chi connectivity index (χ0) is 25.0. The molecule has 1 atom stereocenters. The van der Waals surface area contributed by atoms with Crippen molar-refractivity contribution in [3.05, 3.63) is 77.7 Å². The van der Waals surface area contributed by atoms with Crippen LogP contribution >= 0.6 is 0 Å². The lowest BCUT2D eigenvalue weighted by Gasteiger charge is -2.37. The van der Waals surface area contributed by atoms with E-state index in [2.05, 4.69) is 41.7 Å². The molecule has 0 unspecified atom stereocenters. The third kappa shape index (κ3) is 5.86. The number of nitrogens with zero attached hydrogens (tertiary/aromatic N) is 2. The molecule has 0 bridgehead atoms. The van der Waals surface area contributed by atoms with E-state index >= 15 is 0 Å². The van der Waals surface area contributed by atoms with Crippen molar-refractivity contribution in [2.75, 3.05) is 38.2 Å². The first-order valence-corrected chi connectivity index (χ1v) is 13.0. The first-order chi connectivity index (χ1) is 16.8. The average Bonchev–Trinajstić information content (AvgIpc) is 3.40. The van der Waals surface area contributed by atoms with Gasteiger partial charge in [-0.25, -0.2) is 8.42 Å². The fraction of sp³-hybridized carbons (Fsp3) is 0.346. The summed E-state index contributed by atoms with van der Waals surface area (Å²) in [5, 5.41) is 0. The molecule has 0 radical (unpaired) electrons. The van der Waals surface area contributed by atoms with Crippen molar-refractivity contribution in [2.45, 2.75) is 31.2 Å². The van der Waals surface area contributed by atoms with Gasteiger partial charge < -0.3 is 19.0 Å². The molecule has 0 saturated carbocycles. The number of anilines is 1. The number of rotatable bonds is 8. The number of carbonyl (C=O) groups excluding carboxylic acids is 1. The molecule has 1 N–H and O–H groups in total. The van der Waals surface area contributed by atoms with Gasteiger partial charge in [0.1, 0.15) is 11.5 Å². The Hall–Kier alpha value is -3.30. The van der Waals surface area contributed by atoms with Gasteiger partial charge in [-0.15, -0.1) is 0 Å². The summed E-state index contributed by atoms with van der Waals surface area (Å²) in [6.45, 7) is 6.75. The van der Waals surface area contributed by atoms with Gasteiger partial charge in [0.2, 0.25) is 15.9 Å². The van der Waals surface area contributed by atoms with Gasteiger partial charge in [-0.3, -0.25) is 4.79 Å². The van der Waals surface area contributed by atoms with Crippen LogP contribution in [0.2, 0.25) is 0 Å². The highest BCUT2D eigenvalue weighted by molar-refractivity contribution is 7.89. The standard InChI is InChI=1S/C26H31N3O5S/c1-19-6-7-20(2)24(17-19)28-12-14-29(15-13-28)26(30)18-23(25-5-4-16-34-25)27-35(31,32)22-10-8-21(33-3)9-11-22/h4-11,16-17,23,27H,12-15,18H2,1-3H3/t23-/m1/s1. The minimum atomic E-state index is -3.89. The van der Waals surface area contributed by atoms with Crippen molar-refractivity contribution in [3.63, 3.8) is 0 Å². The smallest absolute Gasteiger partial charge is 0.241 e. The van der Waals surface area contributed by atoms with Crippen LogP contribution in [0.3, 0.4) is 0 Å². The lowest BCUT2D eigenvalue weighted by Crippen LogP contribution is -2.49. The maximum absolute atomic E-state index is 13.2. The molecule has 2 heterocycles. The Morgan fingerprint density at radius 3 is 2.40 bits per heavy atom. The molecule has 3 aromatic rings. The van der Waals surface area contributed by atoms with E-state index in [0.29, 0.717) is 24.6 Å². The zero-order valence-corrected chi connectivity index (χ0v) is 21.0. The van der Waals surface area contributed by atoms with E-state index in [-0.39, 0.29) is 17.2 Å². The highest BCUT2D eigenvalue weighted by Crippen LogP contribution is 2.25. The molecule has 1 aliphatic rings. The number of hydrogen-bond donors (Lipinski definition) is 1. The van der Waals surface area contributed by atoms with Gasteiger partial charge in [0.25, 0.3) is 0 Å². The van der Waals surface area contributed by atoms with Crippen molar-refractivity contribution in [2.24, 2.45) is 0 Å². The van der Waals surface area contributed by atoms with E-state index in [0.717, 1.165) is 13.1 Å². The lowest BCUT2D eigenvalue weighted by molar-refractivity contribution is -0.132. The van der Waals surface area contributed by atoms with Gasteiger partial charge in [-0.2, -0.15) is 4.72 Å². The molecule has 35 heavy (non-hydrogen) atoms. The Balaban J connectivity index is 1.43. The number of furan rings is 1. The van der Waals surface area contributed by atoms with Crippen LogP contribution < -0.4 is 14.4 Å². The van der Waals surface area contributed by atoms with Gasteiger partial charge in [0.15, 0.2) is 0 Å².